The quantitative estimate of drug-likeness (QED) is 0.372. The van der Waals surface area contributed by atoms with Crippen molar-refractivity contribution in [1.29, 1.82) is 0 Å². The minimum atomic E-state index is 0.599. The highest BCUT2D eigenvalue weighted by atomic mass is 127. The maximum Gasteiger partial charge on any atom is 0.174 e. The van der Waals surface area contributed by atoms with Crippen LogP contribution in [0.3, 0.4) is 0 Å². The number of para-hydroxylation sites is 1. The van der Waals surface area contributed by atoms with E-state index in [1.54, 1.807) is 6.21 Å². The van der Waals surface area contributed by atoms with Crippen LogP contribution in [0.2, 0.25) is 0 Å². The molecule has 23 heavy (non-hydrogen) atoms. The fraction of sp³-hybridized carbons (Fsp3) is 0.278. The van der Waals surface area contributed by atoms with E-state index in [1.165, 1.54) is 0 Å². The van der Waals surface area contributed by atoms with Gasteiger partial charge in [-0.25, -0.2) is 0 Å². The second kappa shape index (κ2) is 9.39. The molecule has 0 saturated heterocycles. The molecular weight excluding hydrogens is 403 g/mol. The minimum absolute atomic E-state index is 0.599. The van der Waals surface area contributed by atoms with Crippen LogP contribution in [0.15, 0.2) is 47.6 Å². The minimum Gasteiger partial charge on any atom is -0.490 e. The summed E-state index contributed by atoms with van der Waals surface area (Å²) in [5, 5.41) is 4.27. The molecular formula is C18H21IN2O2. The Morgan fingerprint density at radius 2 is 1.91 bits per heavy atom. The molecule has 0 aliphatic heterocycles. The third-order valence-corrected chi connectivity index (χ3v) is 3.76. The smallest absolute Gasteiger partial charge is 0.174 e. The van der Waals surface area contributed by atoms with Crippen LogP contribution in [0.4, 0.5) is 5.69 Å². The summed E-state index contributed by atoms with van der Waals surface area (Å²) >= 11 is 2.27. The van der Waals surface area contributed by atoms with Gasteiger partial charge >= 0.3 is 0 Å². The van der Waals surface area contributed by atoms with Crippen LogP contribution in [0.25, 0.3) is 0 Å². The first kappa shape index (κ1) is 17.6. The zero-order valence-electron chi connectivity index (χ0n) is 13.4. The molecule has 0 fully saturated rings. The third-order valence-electron chi connectivity index (χ3n) is 2.96. The Balaban J connectivity index is 2.15. The molecule has 1 N–H and O–H groups in total. The standard InChI is InChI=1S/C18H21IN2O2/c1-3-10-23-18-16(19)11-14(12-17(18)22-4-2)13-20-21-15-8-6-5-7-9-15/h5-9,11-13,21H,3-4,10H2,1-2H3. The molecule has 0 aliphatic carbocycles. The lowest BCUT2D eigenvalue weighted by molar-refractivity contribution is 0.275. The number of halogens is 1. The van der Waals surface area contributed by atoms with E-state index in [1.807, 2.05) is 49.4 Å². The highest BCUT2D eigenvalue weighted by Gasteiger charge is 2.11. The van der Waals surface area contributed by atoms with Gasteiger partial charge in [0.1, 0.15) is 0 Å². The van der Waals surface area contributed by atoms with Crippen LogP contribution in [-0.2, 0) is 0 Å². The summed E-state index contributed by atoms with van der Waals surface area (Å²) in [6, 6.07) is 13.8. The Hall–Kier alpha value is -1.76. The molecule has 0 spiro atoms. The van der Waals surface area contributed by atoms with Crippen molar-refractivity contribution in [3.8, 4) is 11.5 Å². The Morgan fingerprint density at radius 1 is 1.13 bits per heavy atom. The van der Waals surface area contributed by atoms with Crippen molar-refractivity contribution in [1.82, 2.24) is 0 Å². The third kappa shape index (κ3) is 5.42. The Morgan fingerprint density at radius 3 is 2.61 bits per heavy atom. The summed E-state index contributed by atoms with van der Waals surface area (Å²) in [4.78, 5) is 0. The van der Waals surface area contributed by atoms with Gasteiger partial charge in [-0.15, -0.1) is 0 Å². The summed E-state index contributed by atoms with van der Waals surface area (Å²) in [7, 11) is 0. The van der Waals surface area contributed by atoms with Crippen molar-refractivity contribution in [3.05, 3.63) is 51.6 Å². The van der Waals surface area contributed by atoms with Crippen LogP contribution in [-0.4, -0.2) is 19.4 Å². The molecule has 0 bridgehead atoms. The van der Waals surface area contributed by atoms with Crippen LogP contribution in [0.5, 0.6) is 11.5 Å². The zero-order chi connectivity index (χ0) is 16.5. The topological polar surface area (TPSA) is 42.8 Å². The highest BCUT2D eigenvalue weighted by Crippen LogP contribution is 2.34. The van der Waals surface area contributed by atoms with E-state index in [0.29, 0.717) is 13.2 Å². The van der Waals surface area contributed by atoms with Crippen molar-refractivity contribution >= 4 is 34.5 Å². The monoisotopic (exact) mass is 424 g/mol. The van der Waals surface area contributed by atoms with E-state index >= 15 is 0 Å². The molecule has 122 valence electrons. The lowest BCUT2D eigenvalue weighted by Crippen LogP contribution is -2.03. The van der Waals surface area contributed by atoms with Crippen molar-refractivity contribution in [2.45, 2.75) is 20.3 Å². The average molecular weight is 424 g/mol. The van der Waals surface area contributed by atoms with Gasteiger partial charge in [0, 0.05) is 0 Å². The summed E-state index contributed by atoms with van der Waals surface area (Å²) in [6.45, 7) is 5.33. The van der Waals surface area contributed by atoms with E-state index in [0.717, 1.165) is 32.7 Å². The van der Waals surface area contributed by atoms with Crippen molar-refractivity contribution in [2.24, 2.45) is 5.10 Å². The number of hydrogen-bond donors (Lipinski definition) is 1. The van der Waals surface area contributed by atoms with Crippen LogP contribution in [0.1, 0.15) is 25.8 Å². The summed E-state index contributed by atoms with van der Waals surface area (Å²) in [5.41, 5.74) is 4.92. The predicted molar refractivity (Wildman–Crippen MR) is 104 cm³/mol. The number of nitrogens with zero attached hydrogens (tertiary/aromatic N) is 1. The lowest BCUT2D eigenvalue weighted by Gasteiger charge is -2.14. The van der Waals surface area contributed by atoms with Gasteiger partial charge < -0.3 is 9.47 Å². The van der Waals surface area contributed by atoms with Crippen molar-refractivity contribution in [2.75, 3.05) is 18.6 Å². The molecule has 2 aromatic carbocycles. The number of ether oxygens (including phenoxy) is 2. The number of nitrogens with one attached hydrogen (secondary N) is 1. The predicted octanol–water partition coefficient (Wildman–Crippen LogP) is 4.92. The van der Waals surface area contributed by atoms with Crippen LogP contribution < -0.4 is 14.9 Å². The fourth-order valence-corrected chi connectivity index (χ4v) is 2.74. The lowest BCUT2D eigenvalue weighted by atomic mass is 10.2. The SMILES string of the molecule is CCCOc1c(I)cc(C=NNc2ccccc2)cc1OCC. The Bertz CT molecular complexity index is 645. The molecule has 2 rings (SSSR count). The second-order valence-corrected chi connectivity index (χ2v) is 6.01. The Labute approximate surface area is 151 Å². The van der Waals surface area contributed by atoms with E-state index < -0.39 is 0 Å². The number of hydrogen-bond acceptors (Lipinski definition) is 4. The normalized spacial score (nSPS) is 10.7. The van der Waals surface area contributed by atoms with Crippen LogP contribution in [0, 0.1) is 3.57 Å². The molecule has 4 nitrogen and oxygen atoms in total. The number of benzene rings is 2. The number of hydrazone groups is 1. The van der Waals surface area contributed by atoms with Crippen molar-refractivity contribution < 1.29 is 9.47 Å². The maximum atomic E-state index is 5.81. The molecule has 0 unspecified atom stereocenters. The largest absolute Gasteiger partial charge is 0.490 e. The zero-order valence-corrected chi connectivity index (χ0v) is 15.5. The number of anilines is 1. The summed E-state index contributed by atoms with van der Waals surface area (Å²) in [5.74, 6) is 1.57. The first-order chi connectivity index (χ1) is 11.2. The highest BCUT2D eigenvalue weighted by molar-refractivity contribution is 14.1. The fourth-order valence-electron chi connectivity index (χ4n) is 1.96. The molecule has 0 radical (unpaired) electrons. The Kier molecular flexibility index (Phi) is 7.19. The van der Waals surface area contributed by atoms with Gasteiger partial charge in [0.15, 0.2) is 11.5 Å². The van der Waals surface area contributed by atoms with Gasteiger partial charge in [-0.1, -0.05) is 25.1 Å². The molecule has 0 heterocycles. The van der Waals surface area contributed by atoms with E-state index in [2.05, 4.69) is 40.0 Å². The second-order valence-electron chi connectivity index (χ2n) is 4.85. The first-order valence-corrected chi connectivity index (χ1v) is 8.75. The van der Waals surface area contributed by atoms with E-state index in [4.69, 9.17) is 9.47 Å². The van der Waals surface area contributed by atoms with Gasteiger partial charge in [0.25, 0.3) is 0 Å². The molecule has 0 amide bonds. The molecule has 0 atom stereocenters. The molecule has 0 aliphatic rings. The van der Waals surface area contributed by atoms with E-state index in [-0.39, 0.29) is 0 Å². The van der Waals surface area contributed by atoms with Gasteiger partial charge in [-0.3, -0.25) is 5.43 Å². The van der Waals surface area contributed by atoms with Gasteiger partial charge in [0.05, 0.1) is 28.7 Å². The van der Waals surface area contributed by atoms with E-state index in [9.17, 15) is 0 Å². The first-order valence-electron chi connectivity index (χ1n) is 7.67. The van der Waals surface area contributed by atoms with Gasteiger partial charge in [-0.05, 0) is 65.8 Å². The van der Waals surface area contributed by atoms with Crippen LogP contribution >= 0.6 is 22.6 Å². The van der Waals surface area contributed by atoms with Gasteiger partial charge in [-0.2, -0.15) is 5.10 Å². The summed E-state index contributed by atoms with van der Waals surface area (Å²) in [6.07, 6.45) is 2.74. The molecule has 0 saturated carbocycles. The maximum absolute atomic E-state index is 5.81. The summed E-state index contributed by atoms with van der Waals surface area (Å²) < 4.78 is 12.5. The van der Waals surface area contributed by atoms with Crippen molar-refractivity contribution in [3.63, 3.8) is 0 Å². The molecule has 2 aromatic rings. The van der Waals surface area contributed by atoms with Gasteiger partial charge in [0.2, 0.25) is 0 Å². The average Bonchev–Trinajstić information content (AvgIpc) is 2.55. The molecule has 0 aromatic heterocycles. The number of rotatable bonds is 8. The molecule has 5 heteroatoms.